The van der Waals surface area contributed by atoms with E-state index >= 15 is 0 Å². The molecule has 0 unspecified atom stereocenters. The van der Waals surface area contributed by atoms with Crippen LogP contribution in [-0.2, 0) is 25.9 Å². The molecule has 1 heterocycles. The Balaban J connectivity index is 2.04. The molecule has 0 radical (unpaired) electrons. The maximum atomic E-state index is 5.86. The first-order chi connectivity index (χ1) is 10.2. The molecule has 1 aromatic carbocycles. The van der Waals surface area contributed by atoms with Crippen molar-refractivity contribution in [2.45, 2.75) is 39.8 Å². The molecule has 5 heteroatoms. The van der Waals surface area contributed by atoms with Crippen LogP contribution in [0.4, 0.5) is 0 Å². The molecule has 0 aliphatic heterocycles. The molecule has 0 bridgehead atoms. The highest BCUT2D eigenvalue weighted by atomic mass is 79.9. The first kappa shape index (κ1) is 16.0. The van der Waals surface area contributed by atoms with Crippen molar-refractivity contribution < 1.29 is 4.74 Å². The van der Waals surface area contributed by atoms with Crippen LogP contribution in [0, 0.1) is 0 Å². The predicted octanol–water partition coefficient (Wildman–Crippen LogP) is 3.31. The number of aryl methyl sites for hydroxylation is 1. The van der Waals surface area contributed by atoms with E-state index in [4.69, 9.17) is 10.5 Å². The van der Waals surface area contributed by atoms with E-state index in [1.807, 2.05) is 28.9 Å². The lowest BCUT2D eigenvalue weighted by molar-refractivity contribution is 0.288. The Hall–Kier alpha value is -1.33. The first-order valence-electron chi connectivity index (χ1n) is 7.35. The fourth-order valence-corrected chi connectivity index (χ4v) is 2.87. The number of halogens is 1. The molecule has 2 aromatic rings. The Labute approximate surface area is 134 Å². The van der Waals surface area contributed by atoms with Gasteiger partial charge in [0, 0.05) is 22.3 Å². The second kappa shape index (κ2) is 7.61. The van der Waals surface area contributed by atoms with Crippen molar-refractivity contribution in [2.24, 2.45) is 5.73 Å². The van der Waals surface area contributed by atoms with Gasteiger partial charge in [-0.25, -0.2) is 0 Å². The van der Waals surface area contributed by atoms with Gasteiger partial charge in [0.05, 0.1) is 12.2 Å². The monoisotopic (exact) mass is 351 g/mol. The van der Waals surface area contributed by atoms with E-state index in [-0.39, 0.29) is 0 Å². The third-order valence-corrected chi connectivity index (χ3v) is 3.98. The largest absolute Gasteiger partial charge is 0.492 e. The maximum absolute atomic E-state index is 5.86. The molecule has 0 saturated carbocycles. The molecule has 0 fully saturated rings. The normalized spacial score (nSPS) is 10.9. The van der Waals surface area contributed by atoms with Crippen LogP contribution >= 0.6 is 15.9 Å². The number of ether oxygens (including phenoxy) is 1. The van der Waals surface area contributed by atoms with E-state index in [2.05, 4.69) is 34.9 Å². The van der Waals surface area contributed by atoms with Gasteiger partial charge in [-0.15, -0.1) is 0 Å². The lowest BCUT2D eigenvalue weighted by Gasteiger charge is -2.09. The van der Waals surface area contributed by atoms with Crippen molar-refractivity contribution in [1.29, 1.82) is 0 Å². The molecule has 0 aliphatic carbocycles. The van der Waals surface area contributed by atoms with Gasteiger partial charge < -0.3 is 10.5 Å². The van der Waals surface area contributed by atoms with Gasteiger partial charge in [-0.05, 0) is 31.0 Å². The second-order valence-electron chi connectivity index (χ2n) is 4.81. The van der Waals surface area contributed by atoms with E-state index in [0.717, 1.165) is 35.3 Å². The zero-order valence-electron chi connectivity index (χ0n) is 12.6. The third-order valence-electron chi connectivity index (χ3n) is 3.49. The van der Waals surface area contributed by atoms with Crippen LogP contribution in [0.1, 0.15) is 30.8 Å². The van der Waals surface area contributed by atoms with Gasteiger partial charge in [-0.3, -0.25) is 4.68 Å². The van der Waals surface area contributed by atoms with Crippen LogP contribution < -0.4 is 10.5 Å². The van der Waals surface area contributed by atoms with Gasteiger partial charge in [0.25, 0.3) is 0 Å². The first-order valence-corrected chi connectivity index (χ1v) is 8.14. The number of hydrogen-bond acceptors (Lipinski definition) is 3. The highest BCUT2D eigenvalue weighted by molar-refractivity contribution is 9.10. The Bertz CT molecular complexity index is 595. The minimum atomic E-state index is 0.554. The average molecular weight is 352 g/mol. The van der Waals surface area contributed by atoms with Gasteiger partial charge >= 0.3 is 0 Å². The van der Waals surface area contributed by atoms with Crippen molar-refractivity contribution in [3.05, 3.63) is 45.7 Å². The summed E-state index contributed by atoms with van der Waals surface area (Å²) in [6.45, 7) is 6.14. The van der Waals surface area contributed by atoms with Gasteiger partial charge in [0.1, 0.15) is 12.4 Å². The third kappa shape index (κ3) is 3.86. The molecule has 0 spiro atoms. The van der Waals surface area contributed by atoms with E-state index in [0.29, 0.717) is 13.2 Å². The summed E-state index contributed by atoms with van der Waals surface area (Å²) >= 11 is 3.44. The zero-order valence-corrected chi connectivity index (χ0v) is 14.2. The summed E-state index contributed by atoms with van der Waals surface area (Å²) < 4.78 is 8.85. The Kier molecular flexibility index (Phi) is 5.82. The van der Waals surface area contributed by atoms with Crippen LogP contribution in [0.5, 0.6) is 5.75 Å². The molecule has 1 aromatic heterocycles. The van der Waals surface area contributed by atoms with Crippen LogP contribution in [0.25, 0.3) is 0 Å². The molecule has 0 aliphatic rings. The van der Waals surface area contributed by atoms with Crippen molar-refractivity contribution in [3.8, 4) is 5.75 Å². The van der Waals surface area contributed by atoms with Crippen LogP contribution in [-0.4, -0.2) is 16.4 Å². The SMILES string of the molecule is CCc1nn(CCOc2cccc(Br)c2)c(CC)c1CN. The smallest absolute Gasteiger partial charge is 0.120 e. The summed E-state index contributed by atoms with van der Waals surface area (Å²) in [4.78, 5) is 0. The highest BCUT2D eigenvalue weighted by Gasteiger charge is 2.13. The van der Waals surface area contributed by atoms with Gasteiger partial charge in [0.2, 0.25) is 0 Å². The Morgan fingerprint density at radius 1 is 1.29 bits per heavy atom. The number of hydrogen-bond donors (Lipinski definition) is 1. The quantitative estimate of drug-likeness (QED) is 0.832. The number of rotatable bonds is 7. The lowest BCUT2D eigenvalue weighted by atomic mass is 10.1. The van der Waals surface area contributed by atoms with E-state index in [1.54, 1.807) is 0 Å². The van der Waals surface area contributed by atoms with Gasteiger partial charge in [-0.2, -0.15) is 5.10 Å². The van der Waals surface area contributed by atoms with Crippen molar-refractivity contribution in [3.63, 3.8) is 0 Å². The molecule has 0 amide bonds. The molecular formula is C16H22BrN3O. The number of aromatic nitrogens is 2. The highest BCUT2D eigenvalue weighted by Crippen LogP contribution is 2.18. The maximum Gasteiger partial charge on any atom is 0.120 e. The number of benzene rings is 1. The summed E-state index contributed by atoms with van der Waals surface area (Å²) in [5.41, 5.74) is 9.40. The minimum Gasteiger partial charge on any atom is -0.492 e. The molecule has 2 N–H and O–H groups in total. The van der Waals surface area contributed by atoms with Crippen LogP contribution in [0.15, 0.2) is 28.7 Å². The summed E-state index contributed by atoms with van der Waals surface area (Å²) in [6, 6.07) is 7.87. The van der Waals surface area contributed by atoms with E-state index in [9.17, 15) is 0 Å². The van der Waals surface area contributed by atoms with E-state index < -0.39 is 0 Å². The molecular weight excluding hydrogens is 330 g/mol. The molecule has 2 rings (SSSR count). The molecule has 0 saturated heterocycles. The van der Waals surface area contributed by atoms with Crippen molar-refractivity contribution >= 4 is 15.9 Å². The standard InChI is InChI=1S/C16H22BrN3O/c1-3-15-14(11-18)16(4-2)20(19-15)8-9-21-13-7-5-6-12(17)10-13/h5-7,10H,3-4,8-9,11,18H2,1-2H3. The fourth-order valence-electron chi connectivity index (χ4n) is 2.50. The summed E-state index contributed by atoms with van der Waals surface area (Å²) in [6.07, 6.45) is 1.86. The molecule has 21 heavy (non-hydrogen) atoms. The lowest BCUT2D eigenvalue weighted by Crippen LogP contribution is -2.13. The van der Waals surface area contributed by atoms with Crippen LogP contribution in [0.3, 0.4) is 0 Å². The van der Waals surface area contributed by atoms with Crippen molar-refractivity contribution in [2.75, 3.05) is 6.61 Å². The predicted molar refractivity (Wildman–Crippen MR) is 88.5 cm³/mol. The number of nitrogens with two attached hydrogens (primary N) is 1. The summed E-state index contributed by atoms with van der Waals surface area (Å²) in [7, 11) is 0. The Morgan fingerprint density at radius 2 is 2.10 bits per heavy atom. The summed E-state index contributed by atoms with van der Waals surface area (Å²) in [5, 5.41) is 4.67. The van der Waals surface area contributed by atoms with Gasteiger partial charge in [-0.1, -0.05) is 35.8 Å². The summed E-state index contributed by atoms with van der Waals surface area (Å²) in [5.74, 6) is 0.865. The Morgan fingerprint density at radius 3 is 2.71 bits per heavy atom. The molecule has 4 nitrogen and oxygen atoms in total. The van der Waals surface area contributed by atoms with Gasteiger partial charge in [0.15, 0.2) is 0 Å². The topological polar surface area (TPSA) is 53.1 Å². The van der Waals surface area contributed by atoms with E-state index in [1.165, 1.54) is 11.3 Å². The zero-order chi connectivity index (χ0) is 15.2. The molecule has 114 valence electrons. The van der Waals surface area contributed by atoms with Crippen molar-refractivity contribution in [1.82, 2.24) is 9.78 Å². The van der Waals surface area contributed by atoms with Crippen LogP contribution in [0.2, 0.25) is 0 Å². The second-order valence-corrected chi connectivity index (χ2v) is 5.73. The fraction of sp³-hybridized carbons (Fsp3) is 0.438. The molecule has 0 atom stereocenters. The minimum absolute atomic E-state index is 0.554. The average Bonchev–Trinajstić information content (AvgIpc) is 2.84. The number of nitrogens with zero attached hydrogens (tertiary/aromatic N) is 2.